The molecule has 0 saturated carbocycles. The third kappa shape index (κ3) is 3.85. The average molecular weight is 434 g/mol. The van der Waals surface area contributed by atoms with Crippen LogP contribution in [0, 0.1) is 6.92 Å². The van der Waals surface area contributed by atoms with Gasteiger partial charge in [0.2, 0.25) is 0 Å². The highest BCUT2D eigenvalue weighted by molar-refractivity contribution is 9.10. The highest BCUT2D eigenvalue weighted by Gasteiger charge is 2.18. The second kappa shape index (κ2) is 6.48. The lowest BCUT2D eigenvalue weighted by Crippen LogP contribution is -2.14. The summed E-state index contributed by atoms with van der Waals surface area (Å²) < 4.78 is 29.0. The molecule has 0 radical (unpaired) electrons. The van der Waals surface area contributed by atoms with Gasteiger partial charge in [0.15, 0.2) is 0 Å². The molecule has 3 N–H and O–H groups in total. The SMILES string of the molecule is Cc1cc(NS(=O)(=O)c2cc(CN)ccc2Br)ccc1Br. The van der Waals surface area contributed by atoms with Crippen molar-refractivity contribution in [3.05, 3.63) is 56.5 Å². The Kier molecular flexibility index (Phi) is 5.08. The van der Waals surface area contributed by atoms with Crippen molar-refractivity contribution in [2.24, 2.45) is 5.73 Å². The number of sulfonamides is 1. The van der Waals surface area contributed by atoms with Gasteiger partial charge < -0.3 is 5.73 Å². The molecule has 0 bridgehead atoms. The highest BCUT2D eigenvalue weighted by atomic mass is 79.9. The molecule has 0 aromatic heterocycles. The lowest BCUT2D eigenvalue weighted by atomic mass is 10.2. The number of halogens is 2. The molecule has 112 valence electrons. The molecule has 0 aliphatic heterocycles. The van der Waals surface area contributed by atoms with Crippen LogP contribution in [0.25, 0.3) is 0 Å². The molecule has 0 aliphatic rings. The molecule has 0 amide bonds. The smallest absolute Gasteiger partial charge is 0.263 e. The molecular formula is C14H14Br2N2O2S. The van der Waals surface area contributed by atoms with E-state index in [1.165, 1.54) is 0 Å². The number of benzene rings is 2. The highest BCUT2D eigenvalue weighted by Crippen LogP contribution is 2.27. The van der Waals surface area contributed by atoms with E-state index in [0.717, 1.165) is 15.6 Å². The second-order valence-corrected chi connectivity index (χ2v) is 7.90. The maximum absolute atomic E-state index is 12.5. The van der Waals surface area contributed by atoms with Crippen molar-refractivity contribution in [3.63, 3.8) is 0 Å². The van der Waals surface area contributed by atoms with Crippen LogP contribution in [0.15, 0.2) is 50.2 Å². The fourth-order valence-corrected chi connectivity index (χ4v) is 4.11. The summed E-state index contributed by atoms with van der Waals surface area (Å²) in [6.45, 7) is 2.18. The van der Waals surface area contributed by atoms with Crippen molar-refractivity contribution >= 4 is 47.6 Å². The van der Waals surface area contributed by atoms with E-state index in [1.54, 1.807) is 36.4 Å². The Hall–Kier alpha value is -0.890. The number of rotatable bonds is 4. The van der Waals surface area contributed by atoms with Crippen LogP contribution < -0.4 is 10.5 Å². The topological polar surface area (TPSA) is 72.2 Å². The molecule has 0 saturated heterocycles. The molecular weight excluding hydrogens is 420 g/mol. The van der Waals surface area contributed by atoms with Gasteiger partial charge in [0.1, 0.15) is 4.90 Å². The number of nitrogens with two attached hydrogens (primary N) is 1. The summed E-state index contributed by atoms with van der Waals surface area (Å²) in [7, 11) is -3.67. The summed E-state index contributed by atoms with van der Waals surface area (Å²) >= 11 is 6.65. The summed E-state index contributed by atoms with van der Waals surface area (Å²) in [5.74, 6) is 0. The normalized spacial score (nSPS) is 11.4. The van der Waals surface area contributed by atoms with Crippen molar-refractivity contribution in [1.29, 1.82) is 0 Å². The predicted molar refractivity (Wildman–Crippen MR) is 91.7 cm³/mol. The monoisotopic (exact) mass is 432 g/mol. The minimum absolute atomic E-state index is 0.172. The number of anilines is 1. The van der Waals surface area contributed by atoms with Crippen LogP contribution in [0.5, 0.6) is 0 Å². The van der Waals surface area contributed by atoms with Crippen LogP contribution in [0.4, 0.5) is 5.69 Å². The van der Waals surface area contributed by atoms with Crippen molar-refractivity contribution < 1.29 is 8.42 Å². The van der Waals surface area contributed by atoms with Gasteiger partial charge in [0.05, 0.1) is 0 Å². The third-order valence-electron chi connectivity index (χ3n) is 2.93. The van der Waals surface area contributed by atoms with E-state index in [2.05, 4.69) is 36.6 Å². The van der Waals surface area contributed by atoms with E-state index in [-0.39, 0.29) is 11.4 Å². The van der Waals surface area contributed by atoms with E-state index in [9.17, 15) is 8.42 Å². The van der Waals surface area contributed by atoms with E-state index in [4.69, 9.17) is 5.73 Å². The van der Waals surface area contributed by atoms with E-state index >= 15 is 0 Å². The van der Waals surface area contributed by atoms with Gasteiger partial charge in [-0.1, -0.05) is 22.0 Å². The number of nitrogens with one attached hydrogen (secondary N) is 1. The summed E-state index contributed by atoms with van der Waals surface area (Å²) in [4.78, 5) is 0.172. The summed E-state index contributed by atoms with van der Waals surface area (Å²) in [6.07, 6.45) is 0. The van der Waals surface area contributed by atoms with Crippen molar-refractivity contribution in [3.8, 4) is 0 Å². The van der Waals surface area contributed by atoms with E-state index in [1.807, 2.05) is 6.92 Å². The zero-order chi connectivity index (χ0) is 15.6. The number of hydrogen-bond acceptors (Lipinski definition) is 3. The number of aryl methyl sites for hydroxylation is 1. The van der Waals surface area contributed by atoms with Crippen molar-refractivity contribution in [2.45, 2.75) is 18.4 Å². The van der Waals surface area contributed by atoms with Gasteiger partial charge in [-0.3, -0.25) is 4.72 Å². The number of hydrogen-bond donors (Lipinski definition) is 2. The average Bonchev–Trinajstić information content (AvgIpc) is 2.43. The summed E-state index contributed by atoms with van der Waals surface area (Å²) in [5, 5.41) is 0. The first-order chi connectivity index (χ1) is 9.83. The molecule has 0 unspecified atom stereocenters. The van der Waals surface area contributed by atoms with Gasteiger partial charge in [0.25, 0.3) is 10.0 Å². The van der Waals surface area contributed by atoms with Crippen LogP contribution >= 0.6 is 31.9 Å². The first-order valence-corrected chi connectivity index (χ1v) is 9.18. The van der Waals surface area contributed by atoms with Gasteiger partial charge in [-0.05, 0) is 64.3 Å². The zero-order valence-corrected chi connectivity index (χ0v) is 15.2. The molecule has 0 fully saturated rings. The molecule has 0 spiro atoms. The van der Waals surface area contributed by atoms with Crippen molar-refractivity contribution in [1.82, 2.24) is 0 Å². The maximum Gasteiger partial charge on any atom is 0.263 e. The Morgan fingerprint density at radius 1 is 1.10 bits per heavy atom. The first kappa shape index (κ1) is 16.5. The van der Waals surface area contributed by atoms with Gasteiger partial charge in [-0.2, -0.15) is 0 Å². The molecule has 4 nitrogen and oxygen atoms in total. The Balaban J connectivity index is 2.40. The fraction of sp³-hybridized carbons (Fsp3) is 0.143. The Labute approximate surface area is 141 Å². The Morgan fingerprint density at radius 3 is 2.38 bits per heavy atom. The molecule has 0 atom stereocenters. The summed E-state index contributed by atoms with van der Waals surface area (Å²) in [6, 6.07) is 10.3. The molecule has 2 aromatic rings. The Morgan fingerprint density at radius 2 is 1.76 bits per heavy atom. The first-order valence-electron chi connectivity index (χ1n) is 6.11. The summed E-state index contributed by atoms with van der Waals surface area (Å²) in [5.41, 5.74) is 7.78. The second-order valence-electron chi connectivity index (χ2n) is 4.54. The van der Waals surface area contributed by atoms with Crippen LogP contribution in [0.3, 0.4) is 0 Å². The van der Waals surface area contributed by atoms with E-state index < -0.39 is 10.0 Å². The lowest BCUT2D eigenvalue weighted by Gasteiger charge is -2.12. The molecule has 0 aliphatic carbocycles. The van der Waals surface area contributed by atoms with Crippen LogP contribution in [-0.2, 0) is 16.6 Å². The van der Waals surface area contributed by atoms with Gasteiger partial charge in [0, 0.05) is 21.2 Å². The minimum Gasteiger partial charge on any atom is -0.326 e. The largest absolute Gasteiger partial charge is 0.326 e. The predicted octanol–water partition coefficient (Wildman–Crippen LogP) is 3.78. The third-order valence-corrected chi connectivity index (χ3v) is 6.20. The molecule has 0 heterocycles. The van der Waals surface area contributed by atoms with Crippen molar-refractivity contribution in [2.75, 3.05) is 4.72 Å². The lowest BCUT2D eigenvalue weighted by molar-refractivity contribution is 0.600. The zero-order valence-electron chi connectivity index (χ0n) is 11.2. The molecule has 21 heavy (non-hydrogen) atoms. The molecule has 7 heteroatoms. The maximum atomic E-state index is 12.5. The van der Waals surface area contributed by atoms with Crippen LogP contribution in [0.1, 0.15) is 11.1 Å². The Bertz CT molecular complexity index is 777. The van der Waals surface area contributed by atoms with Crippen LogP contribution in [-0.4, -0.2) is 8.42 Å². The van der Waals surface area contributed by atoms with Gasteiger partial charge in [-0.15, -0.1) is 0 Å². The standard InChI is InChI=1S/C14H14Br2N2O2S/c1-9-6-11(3-5-12(9)15)18-21(19,20)14-7-10(8-17)2-4-13(14)16/h2-7,18H,8,17H2,1H3. The molecule has 2 rings (SSSR count). The van der Waals surface area contributed by atoms with Gasteiger partial charge in [-0.25, -0.2) is 8.42 Å². The fourth-order valence-electron chi connectivity index (χ4n) is 1.80. The quantitative estimate of drug-likeness (QED) is 0.770. The van der Waals surface area contributed by atoms with E-state index in [0.29, 0.717) is 10.2 Å². The van der Waals surface area contributed by atoms with Crippen LogP contribution in [0.2, 0.25) is 0 Å². The minimum atomic E-state index is -3.67. The van der Waals surface area contributed by atoms with Gasteiger partial charge >= 0.3 is 0 Å². The molecule has 2 aromatic carbocycles.